The highest BCUT2D eigenvalue weighted by Crippen LogP contribution is 2.26. The van der Waals surface area contributed by atoms with Gasteiger partial charge in [-0.2, -0.15) is 0 Å². The minimum Gasteiger partial charge on any atom is -0.496 e. The molecule has 8 heteroatoms. The lowest BCUT2D eigenvalue weighted by Crippen LogP contribution is -2.13. The Labute approximate surface area is 142 Å². The molecule has 0 aliphatic heterocycles. The summed E-state index contributed by atoms with van der Waals surface area (Å²) in [5.41, 5.74) is 0.485. The topological polar surface area (TPSA) is 81.7 Å². The van der Waals surface area contributed by atoms with Crippen molar-refractivity contribution in [2.75, 3.05) is 18.9 Å². The molecule has 6 nitrogen and oxygen atoms in total. The van der Waals surface area contributed by atoms with Crippen LogP contribution in [0.3, 0.4) is 0 Å². The molecule has 0 bridgehead atoms. The van der Waals surface area contributed by atoms with Gasteiger partial charge < -0.3 is 9.47 Å². The average molecular weight is 400 g/mol. The number of ether oxygens (including phenoxy) is 2. The zero-order chi connectivity index (χ0) is 17.0. The highest BCUT2D eigenvalue weighted by Gasteiger charge is 2.17. The molecule has 2 rings (SSSR count). The summed E-state index contributed by atoms with van der Waals surface area (Å²) in [6, 6.07) is 10.5. The third kappa shape index (κ3) is 4.02. The van der Waals surface area contributed by atoms with E-state index in [-0.39, 0.29) is 21.9 Å². The zero-order valence-corrected chi connectivity index (χ0v) is 14.8. The number of hydrogen-bond acceptors (Lipinski definition) is 5. The molecule has 23 heavy (non-hydrogen) atoms. The standard InChI is InChI=1S/C15H14BrNO5S/c1-21-14-9-11(5-8-13(14)15(18)22-2)17-23(19,20)12-6-3-10(16)4-7-12/h3-9,17H,1-2H3. The summed E-state index contributed by atoms with van der Waals surface area (Å²) in [6.07, 6.45) is 0. The fourth-order valence-corrected chi connectivity index (χ4v) is 3.17. The highest BCUT2D eigenvalue weighted by atomic mass is 79.9. The Hall–Kier alpha value is -2.06. The Balaban J connectivity index is 2.32. The maximum Gasteiger partial charge on any atom is 0.341 e. The predicted octanol–water partition coefficient (Wildman–Crippen LogP) is 3.05. The summed E-state index contributed by atoms with van der Waals surface area (Å²) in [5.74, 6) is -0.350. The van der Waals surface area contributed by atoms with Gasteiger partial charge in [-0.1, -0.05) is 15.9 Å². The number of hydrogen-bond donors (Lipinski definition) is 1. The van der Waals surface area contributed by atoms with Crippen LogP contribution in [-0.2, 0) is 14.8 Å². The molecule has 122 valence electrons. The second-order valence-electron chi connectivity index (χ2n) is 4.47. The molecule has 0 aromatic heterocycles. The van der Waals surface area contributed by atoms with Crippen molar-refractivity contribution >= 4 is 37.6 Å². The first-order chi connectivity index (χ1) is 10.9. The van der Waals surface area contributed by atoms with E-state index >= 15 is 0 Å². The first kappa shape index (κ1) is 17.3. The van der Waals surface area contributed by atoms with Crippen LogP contribution in [0.5, 0.6) is 5.75 Å². The van der Waals surface area contributed by atoms with E-state index in [1.165, 1.54) is 44.6 Å². The maximum atomic E-state index is 12.3. The van der Waals surface area contributed by atoms with Gasteiger partial charge >= 0.3 is 5.97 Å². The minimum absolute atomic E-state index is 0.122. The van der Waals surface area contributed by atoms with Crippen molar-refractivity contribution in [2.24, 2.45) is 0 Å². The third-order valence-electron chi connectivity index (χ3n) is 2.98. The lowest BCUT2D eigenvalue weighted by Gasteiger charge is -2.11. The number of sulfonamides is 1. The number of benzene rings is 2. The van der Waals surface area contributed by atoms with Crippen molar-refractivity contribution in [2.45, 2.75) is 4.90 Å². The molecule has 2 aromatic carbocycles. The molecule has 0 saturated heterocycles. The molecular formula is C15H14BrNO5S. The molecule has 2 aromatic rings. The van der Waals surface area contributed by atoms with Gasteiger partial charge in [0.05, 0.1) is 24.8 Å². The Kier molecular flexibility index (Phi) is 5.27. The zero-order valence-electron chi connectivity index (χ0n) is 12.4. The van der Waals surface area contributed by atoms with Crippen LogP contribution in [-0.4, -0.2) is 28.6 Å². The molecule has 0 saturated carbocycles. The lowest BCUT2D eigenvalue weighted by atomic mass is 10.2. The normalized spacial score (nSPS) is 10.9. The van der Waals surface area contributed by atoms with Crippen LogP contribution in [0, 0.1) is 0 Å². The predicted molar refractivity (Wildman–Crippen MR) is 89.3 cm³/mol. The monoisotopic (exact) mass is 399 g/mol. The van der Waals surface area contributed by atoms with Crippen molar-refractivity contribution in [3.8, 4) is 5.75 Å². The molecule has 0 amide bonds. The molecular weight excluding hydrogens is 386 g/mol. The number of methoxy groups -OCH3 is 2. The van der Waals surface area contributed by atoms with E-state index in [4.69, 9.17) is 4.74 Å². The molecule has 0 radical (unpaired) electrons. The largest absolute Gasteiger partial charge is 0.496 e. The summed E-state index contributed by atoms with van der Waals surface area (Å²) >= 11 is 3.25. The number of halogens is 1. The number of anilines is 1. The van der Waals surface area contributed by atoms with Crippen molar-refractivity contribution in [1.29, 1.82) is 0 Å². The Morgan fingerprint density at radius 1 is 1.09 bits per heavy atom. The molecule has 0 aliphatic rings. The summed E-state index contributed by atoms with van der Waals surface area (Å²) in [6.45, 7) is 0. The fourth-order valence-electron chi connectivity index (χ4n) is 1.86. The van der Waals surface area contributed by atoms with E-state index in [0.29, 0.717) is 0 Å². The van der Waals surface area contributed by atoms with Gasteiger partial charge in [0.25, 0.3) is 10.0 Å². The first-order valence-corrected chi connectivity index (χ1v) is 8.69. The van der Waals surface area contributed by atoms with E-state index in [0.717, 1.165) is 4.47 Å². The second kappa shape index (κ2) is 7.01. The molecule has 0 heterocycles. The molecule has 0 atom stereocenters. The number of nitrogens with one attached hydrogen (secondary N) is 1. The van der Waals surface area contributed by atoms with E-state index in [1.54, 1.807) is 12.1 Å². The first-order valence-electron chi connectivity index (χ1n) is 6.42. The summed E-state index contributed by atoms with van der Waals surface area (Å²) in [4.78, 5) is 11.7. The third-order valence-corrected chi connectivity index (χ3v) is 4.91. The second-order valence-corrected chi connectivity index (χ2v) is 7.06. The van der Waals surface area contributed by atoms with Crippen LogP contribution in [0.15, 0.2) is 51.8 Å². The highest BCUT2D eigenvalue weighted by molar-refractivity contribution is 9.10. The fraction of sp³-hybridized carbons (Fsp3) is 0.133. The maximum absolute atomic E-state index is 12.3. The van der Waals surface area contributed by atoms with Crippen LogP contribution in [0.4, 0.5) is 5.69 Å². The van der Waals surface area contributed by atoms with Gasteiger partial charge in [-0.25, -0.2) is 13.2 Å². The summed E-state index contributed by atoms with van der Waals surface area (Å²) in [7, 11) is -1.10. The van der Waals surface area contributed by atoms with E-state index < -0.39 is 16.0 Å². The molecule has 0 fully saturated rings. The molecule has 0 unspecified atom stereocenters. The number of carbonyl (C=O) groups is 1. The van der Waals surface area contributed by atoms with Crippen LogP contribution >= 0.6 is 15.9 Å². The molecule has 0 aliphatic carbocycles. The van der Waals surface area contributed by atoms with Crippen LogP contribution in [0.2, 0.25) is 0 Å². The Morgan fingerprint density at radius 3 is 2.30 bits per heavy atom. The van der Waals surface area contributed by atoms with Crippen LogP contribution < -0.4 is 9.46 Å². The van der Waals surface area contributed by atoms with Crippen LogP contribution in [0.25, 0.3) is 0 Å². The van der Waals surface area contributed by atoms with Gasteiger partial charge in [-0.3, -0.25) is 4.72 Å². The number of rotatable bonds is 5. The minimum atomic E-state index is -3.74. The van der Waals surface area contributed by atoms with E-state index in [9.17, 15) is 13.2 Å². The van der Waals surface area contributed by atoms with Crippen LogP contribution in [0.1, 0.15) is 10.4 Å². The number of carbonyl (C=O) groups excluding carboxylic acids is 1. The molecule has 0 spiro atoms. The smallest absolute Gasteiger partial charge is 0.341 e. The Morgan fingerprint density at radius 2 is 1.74 bits per heavy atom. The van der Waals surface area contributed by atoms with E-state index in [1.807, 2.05) is 0 Å². The SMILES string of the molecule is COC(=O)c1ccc(NS(=O)(=O)c2ccc(Br)cc2)cc1OC. The van der Waals surface area contributed by atoms with Gasteiger partial charge in [-0.05, 0) is 36.4 Å². The molecule has 1 N–H and O–H groups in total. The van der Waals surface area contributed by atoms with Crippen molar-refractivity contribution in [3.05, 3.63) is 52.5 Å². The summed E-state index contributed by atoms with van der Waals surface area (Å²) in [5, 5.41) is 0. The Bertz CT molecular complexity index is 818. The van der Waals surface area contributed by atoms with Crippen molar-refractivity contribution in [3.63, 3.8) is 0 Å². The van der Waals surface area contributed by atoms with Crippen molar-refractivity contribution in [1.82, 2.24) is 0 Å². The lowest BCUT2D eigenvalue weighted by molar-refractivity contribution is 0.0597. The van der Waals surface area contributed by atoms with Gasteiger partial charge in [-0.15, -0.1) is 0 Å². The average Bonchev–Trinajstić information content (AvgIpc) is 2.54. The van der Waals surface area contributed by atoms with Gasteiger partial charge in [0.2, 0.25) is 0 Å². The summed E-state index contributed by atoms with van der Waals surface area (Å²) < 4.78 is 37.6. The quantitative estimate of drug-likeness (QED) is 0.781. The van der Waals surface area contributed by atoms with Crippen molar-refractivity contribution < 1.29 is 22.7 Å². The van der Waals surface area contributed by atoms with E-state index in [2.05, 4.69) is 25.4 Å². The van der Waals surface area contributed by atoms with Gasteiger partial charge in [0.1, 0.15) is 11.3 Å². The van der Waals surface area contributed by atoms with Gasteiger partial charge in [0.15, 0.2) is 0 Å². The van der Waals surface area contributed by atoms with Gasteiger partial charge in [0, 0.05) is 10.5 Å². The number of esters is 1.